The number of piperidine rings is 1. The van der Waals surface area contributed by atoms with E-state index in [0.717, 1.165) is 19.4 Å². The van der Waals surface area contributed by atoms with Gasteiger partial charge in [0.15, 0.2) is 0 Å². The zero-order valence-electron chi connectivity index (χ0n) is 12.9. The van der Waals surface area contributed by atoms with Crippen molar-refractivity contribution in [2.45, 2.75) is 33.6 Å². The fraction of sp³-hybridized carbons (Fsp3) is 0.867. The van der Waals surface area contributed by atoms with E-state index in [1.807, 2.05) is 30.6 Å². The third kappa shape index (κ3) is 3.51. The van der Waals surface area contributed by atoms with Gasteiger partial charge in [-0.2, -0.15) is 0 Å². The van der Waals surface area contributed by atoms with E-state index in [2.05, 4.69) is 0 Å². The van der Waals surface area contributed by atoms with Gasteiger partial charge in [-0.05, 0) is 12.8 Å². The maximum absolute atomic E-state index is 12.5. The SMILES string of the molecule is CC(C)(C)C(=O)N1CCC[C@H](C(=O)N2CCOCC2)C1. The van der Waals surface area contributed by atoms with Crippen molar-refractivity contribution in [3.05, 3.63) is 0 Å². The minimum Gasteiger partial charge on any atom is -0.378 e. The number of rotatable bonds is 1. The van der Waals surface area contributed by atoms with E-state index in [1.165, 1.54) is 0 Å². The predicted molar refractivity (Wildman–Crippen MR) is 76.2 cm³/mol. The molecule has 2 heterocycles. The first-order valence-corrected chi connectivity index (χ1v) is 7.55. The highest BCUT2D eigenvalue weighted by atomic mass is 16.5. The van der Waals surface area contributed by atoms with Gasteiger partial charge in [-0.25, -0.2) is 0 Å². The van der Waals surface area contributed by atoms with Crippen LogP contribution in [0.4, 0.5) is 0 Å². The summed E-state index contributed by atoms with van der Waals surface area (Å²) in [6.45, 7) is 9.78. The monoisotopic (exact) mass is 282 g/mol. The van der Waals surface area contributed by atoms with Gasteiger partial charge in [-0.15, -0.1) is 0 Å². The maximum Gasteiger partial charge on any atom is 0.227 e. The minimum absolute atomic E-state index is 0.0341. The molecule has 114 valence electrons. The number of nitrogens with zero attached hydrogens (tertiary/aromatic N) is 2. The number of likely N-dealkylation sites (tertiary alicyclic amines) is 1. The van der Waals surface area contributed by atoms with E-state index < -0.39 is 0 Å². The quantitative estimate of drug-likeness (QED) is 0.724. The number of carbonyl (C=O) groups excluding carboxylic acids is 2. The number of amides is 2. The van der Waals surface area contributed by atoms with E-state index in [9.17, 15) is 9.59 Å². The number of morpholine rings is 1. The molecule has 5 heteroatoms. The van der Waals surface area contributed by atoms with Gasteiger partial charge >= 0.3 is 0 Å². The molecule has 0 spiro atoms. The standard InChI is InChI=1S/C15H26N2O3/c1-15(2,3)14(19)17-6-4-5-12(11-17)13(18)16-7-9-20-10-8-16/h12H,4-11H2,1-3H3/t12-/m0/s1. The molecule has 0 aromatic carbocycles. The van der Waals surface area contributed by atoms with Crippen LogP contribution in [0.2, 0.25) is 0 Å². The molecule has 2 aliphatic heterocycles. The Balaban J connectivity index is 1.96. The molecule has 0 radical (unpaired) electrons. The Hall–Kier alpha value is -1.10. The maximum atomic E-state index is 12.5. The van der Waals surface area contributed by atoms with Gasteiger partial charge in [-0.3, -0.25) is 9.59 Å². The second-order valence-corrected chi connectivity index (χ2v) is 6.78. The molecule has 0 saturated carbocycles. The van der Waals surface area contributed by atoms with Crippen LogP contribution in [-0.2, 0) is 14.3 Å². The lowest BCUT2D eigenvalue weighted by Crippen LogP contribution is -2.51. The minimum atomic E-state index is -0.371. The summed E-state index contributed by atoms with van der Waals surface area (Å²) in [5.41, 5.74) is -0.371. The van der Waals surface area contributed by atoms with Gasteiger partial charge in [0.2, 0.25) is 11.8 Å². The molecule has 0 aromatic rings. The summed E-state index contributed by atoms with van der Waals surface area (Å²) in [5, 5.41) is 0. The third-order valence-corrected chi connectivity index (χ3v) is 4.02. The Bertz CT molecular complexity index is 370. The summed E-state index contributed by atoms with van der Waals surface area (Å²) in [7, 11) is 0. The first-order valence-electron chi connectivity index (χ1n) is 7.55. The first kappa shape index (κ1) is 15.3. The van der Waals surface area contributed by atoms with Gasteiger partial charge in [-0.1, -0.05) is 20.8 Å². The van der Waals surface area contributed by atoms with E-state index in [1.54, 1.807) is 0 Å². The van der Waals surface area contributed by atoms with Crippen molar-refractivity contribution in [2.24, 2.45) is 11.3 Å². The van der Waals surface area contributed by atoms with Crippen molar-refractivity contribution in [1.29, 1.82) is 0 Å². The van der Waals surface area contributed by atoms with Crippen LogP contribution in [0.25, 0.3) is 0 Å². The Kier molecular flexibility index (Phi) is 4.68. The molecule has 2 amide bonds. The zero-order chi connectivity index (χ0) is 14.8. The van der Waals surface area contributed by atoms with Gasteiger partial charge < -0.3 is 14.5 Å². The van der Waals surface area contributed by atoms with Gasteiger partial charge in [0.05, 0.1) is 19.1 Å². The van der Waals surface area contributed by atoms with Crippen LogP contribution >= 0.6 is 0 Å². The van der Waals surface area contributed by atoms with Gasteiger partial charge in [0.25, 0.3) is 0 Å². The zero-order valence-corrected chi connectivity index (χ0v) is 12.9. The highest BCUT2D eigenvalue weighted by molar-refractivity contribution is 5.84. The molecule has 0 N–H and O–H groups in total. The van der Waals surface area contributed by atoms with Gasteiger partial charge in [0.1, 0.15) is 0 Å². The van der Waals surface area contributed by atoms with Gasteiger partial charge in [0, 0.05) is 31.6 Å². The summed E-state index contributed by atoms with van der Waals surface area (Å²) in [5.74, 6) is 0.310. The second-order valence-electron chi connectivity index (χ2n) is 6.78. The fourth-order valence-corrected chi connectivity index (χ4v) is 2.88. The van der Waals surface area contributed by atoms with Crippen molar-refractivity contribution in [3.63, 3.8) is 0 Å². The smallest absolute Gasteiger partial charge is 0.227 e. The molecule has 2 saturated heterocycles. The van der Waals surface area contributed by atoms with E-state index in [-0.39, 0.29) is 23.1 Å². The van der Waals surface area contributed by atoms with Crippen molar-refractivity contribution in [2.75, 3.05) is 39.4 Å². The van der Waals surface area contributed by atoms with Crippen molar-refractivity contribution in [1.82, 2.24) is 9.80 Å². The molecule has 0 unspecified atom stereocenters. The fourth-order valence-electron chi connectivity index (χ4n) is 2.88. The van der Waals surface area contributed by atoms with Crippen molar-refractivity contribution >= 4 is 11.8 Å². The molecule has 2 rings (SSSR count). The summed E-state index contributed by atoms with van der Waals surface area (Å²) in [6.07, 6.45) is 1.81. The second kappa shape index (κ2) is 6.12. The number of carbonyl (C=O) groups is 2. The van der Waals surface area contributed by atoms with Crippen molar-refractivity contribution < 1.29 is 14.3 Å². The molecule has 2 aliphatic rings. The topological polar surface area (TPSA) is 49.9 Å². The lowest BCUT2D eigenvalue weighted by atomic mass is 9.90. The number of ether oxygens (including phenoxy) is 1. The summed E-state index contributed by atoms with van der Waals surface area (Å²) < 4.78 is 5.28. The normalized spacial score (nSPS) is 24.6. The highest BCUT2D eigenvalue weighted by Crippen LogP contribution is 2.24. The van der Waals surface area contributed by atoms with Crippen LogP contribution in [0, 0.1) is 11.3 Å². The molecular formula is C15H26N2O3. The van der Waals surface area contributed by atoms with E-state index >= 15 is 0 Å². The number of hydrogen-bond acceptors (Lipinski definition) is 3. The van der Waals surface area contributed by atoms with E-state index in [4.69, 9.17) is 4.74 Å². The van der Waals surface area contributed by atoms with Crippen LogP contribution in [-0.4, -0.2) is 61.0 Å². The Morgan fingerprint density at radius 3 is 2.30 bits per heavy atom. The Morgan fingerprint density at radius 2 is 1.70 bits per heavy atom. The lowest BCUT2D eigenvalue weighted by Gasteiger charge is -2.38. The average Bonchev–Trinajstić information content (AvgIpc) is 2.46. The Labute approximate surface area is 121 Å². The van der Waals surface area contributed by atoms with Crippen LogP contribution in [0.1, 0.15) is 33.6 Å². The molecule has 1 atom stereocenters. The molecule has 2 fully saturated rings. The molecule has 0 aromatic heterocycles. The molecule has 5 nitrogen and oxygen atoms in total. The highest BCUT2D eigenvalue weighted by Gasteiger charge is 2.35. The Morgan fingerprint density at radius 1 is 1.05 bits per heavy atom. The van der Waals surface area contributed by atoms with Crippen LogP contribution in [0.3, 0.4) is 0 Å². The third-order valence-electron chi connectivity index (χ3n) is 4.02. The average molecular weight is 282 g/mol. The molecule has 20 heavy (non-hydrogen) atoms. The molecule has 0 aliphatic carbocycles. The summed E-state index contributed by atoms with van der Waals surface area (Å²) >= 11 is 0. The summed E-state index contributed by atoms with van der Waals surface area (Å²) in [6, 6.07) is 0. The first-order chi connectivity index (χ1) is 9.39. The lowest BCUT2D eigenvalue weighted by molar-refractivity contribution is -0.147. The molecular weight excluding hydrogens is 256 g/mol. The van der Waals surface area contributed by atoms with Crippen LogP contribution in [0.5, 0.6) is 0 Å². The van der Waals surface area contributed by atoms with Crippen LogP contribution < -0.4 is 0 Å². The van der Waals surface area contributed by atoms with Crippen molar-refractivity contribution in [3.8, 4) is 0 Å². The molecule has 0 bridgehead atoms. The number of hydrogen-bond donors (Lipinski definition) is 0. The van der Waals surface area contributed by atoms with E-state index in [0.29, 0.717) is 32.8 Å². The predicted octanol–water partition coefficient (Wildman–Crippen LogP) is 1.13. The largest absolute Gasteiger partial charge is 0.378 e. The van der Waals surface area contributed by atoms with Crippen LogP contribution in [0.15, 0.2) is 0 Å². The summed E-state index contributed by atoms with van der Waals surface area (Å²) in [4.78, 5) is 28.6.